The Morgan fingerprint density at radius 3 is 2.57 bits per heavy atom. The van der Waals surface area contributed by atoms with Gasteiger partial charge in [0.1, 0.15) is 16.7 Å². The zero-order chi connectivity index (χ0) is 10.8. The van der Waals surface area contributed by atoms with E-state index < -0.39 is 11.0 Å². The fraction of sp³-hybridized carbons (Fsp3) is 0.500. The Labute approximate surface area is 86.8 Å². The zero-order valence-electron chi connectivity index (χ0n) is 8.90. The van der Waals surface area contributed by atoms with Gasteiger partial charge in [0.25, 0.3) is 0 Å². The van der Waals surface area contributed by atoms with Crippen LogP contribution in [0, 0.1) is 0 Å². The molecule has 1 heterocycles. The Bertz CT molecular complexity index is 347. The highest BCUT2D eigenvalue weighted by Crippen LogP contribution is 2.14. The summed E-state index contributed by atoms with van der Waals surface area (Å²) in [7, 11) is -1.22. The lowest BCUT2D eigenvalue weighted by molar-refractivity contribution is 0.557. The maximum Gasteiger partial charge on any atom is 0.148 e. The van der Waals surface area contributed by atoms with Crippen LogP contribution in [-0.2, 0) is 11.0 Å². The van der Waals surface area contributed by atoms with Crippen LogP contribution in [0.1, 0.15) is 33.5 Å². The first-order valence-electron chi connectivity index (χ1n) is 4.42. The Morgan fingerprint density at radius 2 is 2.14 bits per heavy atom. The summed E-state index contributed by atoms with van der Waals surface area (Å²) in [4.78, 5) is 0. The second kappa shape index (κ2) is 4.09. The van der Waals surface area contributed by atoms with Crippen molar-refractivity contribution in [3.8, 4) is 0 Å². The van der Waals surface area contributed by atoms with Crippen LogP contribution in [0.4, 0.5) is 0 Å². The molecule has 0 bridgehead atoms. The van der Waals surface area contributed by atoms with E-state index in [1.54, 1.807) is 25.3 Å². The summed E-state index contributed by atoms with van der Waals surface area (Å²) in [5.41, 5.74) is 0.670. The standard InChI is InChI=1S/C10H15NO2S/c1-8(9-6-5-7-13-9)11-14(12)10(2,3)4/h5-7H,1-4H3/b11-8+/t14-/m1/s1. The minimum absolute atomic E-state index is 0.326. The second-order valence-electron chi connectivity index (χ2n) is 4.02. The lowest BCUT2D eigenvalue weighted by Gasteiger charge is -2.13. The summed E-state index contributed by atoms with van der Waals surface area (Å²) in [6.07, 6.45) is 1.58. The van der Waals surface area contributed by atoms with Crippen LogP contribution in [0.3, 0.4) is 0 Å². The predicted octanol–water partition coefficient (Wildman–Crippen LogP) is 2.55. The van der Waals surface area contributed by atoms with Crippen molar-refractivity contribution in [1.82, 2.24) is 0 Å². The summed E-state index contributed by atoms with van der Waals surface area (Å²) < 4.78 is 20.6. The molecule has 0 N–H and O–H groups in total. The van der Waals surface area contributed by atoms with Gasteiger partial charge in [0.15, 0.2) is 0 Å². The molecule has 0 aromatic carbocycles. The highest BCUT2D eigenvalue weighted by molar-refractivity contribution is 7.85. The van der Waals surface area contributed by atoms with E-state index in [1.807, 2.05) is 20.8 Å². The lowest BCUT2D eigenvalue weighted by atomic mass is 10.3. The Kier molecular flexibility index (Phi) is 3.26. The van der Waals surface area contributed by atoms with Gasteiger partial charge in [-0.15, -0.1) is 0 Å². The molecule has 0 aliphatic carbocycles. The van der Waals surface area contributed by atoms with Crippen LogP contribution >= 0.6 is 0 Å². The van der Waals surface area contributed by atoms with E-state index in [4.69, 9.17) is 4.42 Å². The average Bonchev–Trinajstić information content (AvgIpc) is 2.53. The highest BCUT2D eigenvalue weighted by Gasteiger charge is 2.19. The molecule has 0 radical (unpaired) electrons. The summed E-state index contributed by atoms with van der Waals surface area (Å²) in [5.74, 6) is 0.669. The van der Waals surface area contributed by atoms with Crippen LogP contribution in [0.15, 0.2) is 27.2 Å². The SMILES string of the molecule is C/C(=N\[S@](=O)C(C)(C)C)c1ccco1. The molecule has 1 rings (SSSR count). The second-order valence-corrected chi connectivity index (χ2v) is 5.92. The van der Waals surface area contributed by atoms with E-state index in [0.717, 1.165) is 0 Å². The largest absolute Gasteiger partial charge is 0.463 e. The maximum absolute atomic E-state index is 11.7. The normalized spacial score (nSPS) is 15.6. The van der Waals surface area contributed by atoms with E-state index >= 15 is 0 Å². The van der Waals surface area contributed by atoms with Crippen molar-refractivity contribution in [2.75, 3.05) is 0 Å². The van der Waals surface area contributed by atoms with Crippen molar-refractivity contribution in [3.05, 3.63) is 24.2 Å². The minimum Gasteiger partial charge on any atom is -0.463 e. The molecule has 0 spiro atoms. The zero-order valence-corrected chi connectivity index (χ0v) is 9.72. The third-order valence-electron chi connectivity index (χ3n) is 1.62. The van der Waals surface area contributed by atoms with Gasteiger partial charge in [-0.2, -0.15) is 4.40 Å². The molecule has 4 heteroatoms. The van der Waals surface area contributed by atoms with Gasteiger partial charge in [-0.25, -0.2) is 4.21 Å². The average molecular weight is 213 g/mol. The van der Waals surface area contributed by atoms with Crippen molar-refractivity contribution in [2.45, 2.75) is 32.4 Å². The first-order chi connectivity index (χ1) is 6.41. The van der Waals surface area contributed by atoms with Crippen LogP contribution < -0.4 is 0 Å². The number of rotatable bonds is 2. The maximum atomic E-state index is 11.7. The Morgan fingerprint density at radius 1 is 1.50 bits per heavy atom. The molecule has 0 saturated carbocycles. The monoisotopic (exact) mass is 213 g/mol. The van der Waals surface area contributed by atoms with Crippen molar-refractivity contribution in [3.63, 3.8) is 0 Å². The Hall–Kier alpha value is -0.900. The molecule has 14 heavy (non-hydrogen) atoms. The molecule has 1 atom stereocenters. The van der Waals surface area contributed by atoms with E-state index in [0.29, 0.717) is 11.5 Å². The van der Waals surface area contributed by atoms with Crippen molar-refractivity contribution >= 4 is 16.7 Å². The molecule has 0 aliphatic heterocycles. The predicted molar refractivity (Wildman–Crippen MR) is 58.8 cm³/mol. The number of nitrogens with zero attached hydrogens (tertiary/aromatic N) is 1. The first kappa shape index (κ1) is 11.2. The lowest BCUT2D eigenvalue weighted by Crippen LogP contribution is -2.20. The topological polar surface area (TPSA) is 42.6 Å². The molecular formula is C10H15NO2S. The molecule has 3 nitrogen and oxygen atoms in total. The van der Waals surface area contributed by atoms with Gasteiger partial charge in [-0.05, 0) is 39.8 Å². The van der Waals surface area contributed by atoms with Gasteiger partial charge in [-0.1, -0.05) is 0 Å². The van der Waals surface area contributed by atoms with Crippen LogP contribution in [-0.4, -0.2) is 14.7 Å². The Balaban J connectivity index is 2.85. The molecule has 1 aromatic heterocycles. The smallest absolute Gasteiger partial charge is 0.148 e. The summed E-state index contributed by atoms with van der Waals surface area (Å²) in [6, 6.07) is 3.59. The van der Waals surface area contributed by atoms with E-state index in [1.165, 1.54) is 0 Å². The van der Waals surface area contributed by atoms with E-state index in [2.05, 4.69) is 4.40 Å². The summed E-state index contributed by atoms with van der Waals surface area (Å²) in [6.45, 7) is 7.47. The fourth-order valence-corrected chi connectivity index (χ4v) is 1.40. The first-order valence-corrected chi connectivity index (χ1v) is 5.53. The molecular weight excluding hydrogens is 198 g/mol. The molecule has 0 aliphatic rings. The van der Waals surface area contributed by atoms with Crippen molar-refractivity contribution in [2.24, 2.45) is 4.40 Å². The molecule has 78 valence electrons. The van der Waals surface area contributed by atoms with Crippen LogP contribution in [0.25, 0.3) is 0 Å². The van der Waals surface area contributed by atoms with Gasteiger partial charge in [-0.3, -0.25) is 0 Å². The van der Waals surface area contributed by atoms with Crippen molar-refractivity contribution < 1.29 is 8.63 Å². The van der Waals surface area contributed by atoms with Crippen LogP contribution in [0.5, 0.6) is 0 Å². The third kappa shape index (κ3) is 2.80. The number of furan rings is 1. The quantitative estimate of drug-likeness (QED) is 0.708. The summed E-state index contributed by atoms with van der Waals surface area (Å²) in [5, 5.41) is 0. The van der Waals surface area contributed by atoms with Crippen molar-refractivity contribution in [1.29, 1.82) is 0 Å². The molecule has 1 aromatic rings. The third-order valence-corrected chi connectivity index (χ3v) is 3.11. The van der Waals surface area contributed by atoms with E-state index in [-0.39, 0.29) is 4.75 Å². The molecule has 0 unspecified atom stereocenters. The minimum atomic E-state index is -1.22. The fourth-order valence-electron chi connectivity index (χ4n) is 0.791. The highest BCUT2D eigenvalue weighted by atomic mass is 32.2. The van der Waals surface area contributed by atoms with Gasteiger partial charge in [0, 0.05) is 0 Å². The molecule has 0 fully saturated rings. The molecule has 0 amide bonds. The number of hydrogen-bond acceptors (Lipinski definition) is 2. The van der Waals surface area contributed by atoms with Gasteiger partial charge < -0.3 is 4.42 Å². The molecule has 0 saturated heterocycles. The van der Waals surface area contributed by atoms with Gasteiger partial charge >= 0.3 is 0 Å². The van der Waals surface area contributed by atoms with Gasteiger partial charge in [0.05, 0.1) is 16.7 Å². The number of hydrogen-bond donors (Lipinski definition) is 0. The van der Waals surface area contributed by atoms with E-state index in [9.17, 15) is 4.21 Å². The summed E-state index contributed by atoms with van der Waals surface area (Å²) >= 11 is 0. The van der Waals surface area contributed by atoms with Crippen LogP contribution in [0.2, 0.25) is 0 Å². The van der Waals surface area contributed by atoms with Gasteiger partial charge in [0.2, 0.25) is 0 Å².